The summed E-state index contributed by atoms with van der Waals surface area (Å²) in [6.45, 7) is 8.34. The molecule has 0 fully saturated rings. The molecule has 1 aromatic carbocycles. The number of benzene rings is 1. The van der Waals surface area contributed by atoms with Crippen LogP contribution in [0.15, 0.2) is 29.2 Å². The number of hydrogen-bond acceptors (Lipinski definition) is 7. The molecule has 180 valence electrons. The zero-order valence-electron chi connectivity index (χ0n) is 18.8. The highest BCUT2D eigenvalue weighted by Crippen LogP contribution is 2.49. The lowest BCUT2D eigenvalue weighted by atomic mass is 10.1. The summed E-state index contributed by atoms with van der Waals surface area (Å²) in [5.41, 5.74) is 5.64. The largest absolute Gasteiger partial charge is 0.474 e. The first-order chi connectivity index (χ1) is 14.6. The minimum atomic E-state index is -3.79. The van der Waals surface area contributed by atoms with Crippen molar-refractivity contribution in [3.63, 3.8) is 0 Å². The lowest BCUT2D eigenvalue weighted by Crippen LogP contribution is -2.45. The van der Waals surface area contributed by atoms with Gasteiger partial charge in [-0.25, -0.2) is 13.0 Å². The average molecular weight is 590 g/mol. The van der Waals surface area contributed by atoms with E-state index in [2.05, 4.69) is 22.6 Å². The van der Waals surface area contributed by atoms with Crippen LogP contribution in [-0.4, -0.2) is 51.7 Å². The van der Waals surface area contributed by atoms with Crippen LogP contribution in [0.5, 0.6) is 0 Å². The van der Waals surface area contributed by atoms with Crippen molar-refractivity contribution in [1.29, 1.82) is 0 Å². The van der Waals surface area contributed by atoms with Crippen molar-refractivity contribution in [1.82, 2.24) is 4.31 Å². The van der Waals surface area contributed by atoms with E-state index in [0.717, 1.165) is 16.4 Å². The number of nitrogens with two attached hydrogens (primary N) is 1. The highest BCUT2D eigenvalue weighted by atomic mass is 127. The maximum atomic E-state index is 13.5. The normalized spacial score (nSPS) is 13.8. The molecule has 0 aliphatic rings. The second kappa shape index (κ2) is 14.2. The number of halogens is 1. The van der Waals surface area contributed by atoms with Crippen molar-refractivity contribution in [3.8, 4) is 0 Å². The van der Waals surface area contributed by atoms with Gasteiger partial charge in [-0.2, -0.15) is 4.31 Å². The minimum absolute atomic E-state index is 0.0845. The van der Waals surface area contributed by atoms with E-state index in [9.17, 15) is 13.0 Å². The molecule has 0 radical (unpaired) electrons. The van der Waals surface area contributed by atoms with Crippen LogP contribution < -0.4 is 5.73 Å². The van der Waals surface area contributed by atoms with Gasteiger partial charge in [-0.15, -0.1) is 0 Å². The predicted molar refractivity (Wildman–Crippen MR) is 131 cm³/mol. The molecular weight excluding hydrogens is 554 g/mol. The van der Waals surface area contributed by atoms with Crippen molar-refractivity contribution in [3.05, 3.63) is 27.8 Å². The SMILES string of the molecule is CCOP(=O)(OCC)OC[C@H](CCCCN)N(CC(C)C)S(=O)(=O)c1ccc(I)cc1. The van der Waals surface area contributed by atoms with Gasteiger partial charge in [0.25, 0.3) is 0 Å². The molecule has 8 nitrogen and oxygen atoms in total. The Bertz CT molecular complexity index is 781. The Kier molecular flexibility index (Phi) is 13.3. The maximum absolute atomic E-state index is 13.5. The van der Waals surface area contributed by atoms with Crippen molar-refractivity contribution < 1.29 is 26.6 Å². The highest BCUT2D eigenvalue weighted by Gasteiger charge is 2.35. The monoisotopic (exact) mass is 590 g/mol. The fourth-order valence-electron chi connectivity index (χ4n) is 2.99. The predicted octanol–water partition coefficient (Wildman–Crippen LogP) is 4.63. The average Bonchev–Trinajstić information content (AvgIpc) is 2.69. The minimum Gasteiger partial charge on any atom is -0.330 e. The van der Waals surface area contributed by atoms with E-state index in [0.29, 0.717) is 19.5 Å². The number of phosphoric acid groups is 1. The molecule has 0 aliphatic heterocycles. The number of rotatable bonds is 16. The van der Waals surface area contributed by atoms with Crippen molar-refractivity contribution in [2.75, 3.05) is 32.9 Å². The van der Waals surface area contributed by atoms with Crippen molar-refractivity contribution >= 4 is 40.4 Å². The van der Waals surface area contributed by atoms with Crippen molar-refractivity contribution in [2.45, 2.75) is 57.9 Å². The molecule has 0 bridgehead atoms. The molecule has 31 heavy (non-hydrogen) atoms. The summed E-state index contributed by atoms with van der Waals surface area (Å²) in [5.74, 6) is 0.0845. The molecule has 0 aliphatic carbocycles. The van der Waals surface area contributed by atoms with Gasteiger partial charge in [0.15, 0.2) is 0 Å². The van der Waals surface area contributed by atoms with E-state index < -0.39 is 23.9 Å². The Morgan fingerprint density at radius 2 is 1.65 bits per heavy atom. The first-order valence-corrected chi connectivity index (χ1v) is 14.6. The zero-order chi connectivity index (χ0) is 23.5. The summed E-state index contributed by atoms with van der Waals surface area (Å²) in [5, 5.41) is 0. The molecule has 11 heteroatoms. The lowest BCUT2D eigenvalue weighted by Gasteiger charge is -2.33. The molecular formula is C20H36IN2O6PS. The van der Waals surface area contributed by atoms with Gasteiger partial charge in [0.2, 0.25) is 10.0 Å². The zero-order valence-corrected chi connectivity index (χ0v) is 22.7. The van der Waals surface area contributed by atoms with Crippen LogP contribution in [0.2, 0.25) is 0 Å². The summed E-state index contributed by atoms with van der Waals surface area (Å²) in [4.78, 5) is 0.218. The number of phosphoric ester groups is 1. The fraction of sp³-hybridized carbons (Fsp3) is 0.700. The van der Waals surface area contributed by atoms with Crippen molar-refractivity contribution in [2.24, 2.45) is 11.7 Å². The fourth-order valence-corrected chi connectivity index (χ4v) is 6.36. The molecule has 0 spiro atoms. The molecule has 0 saturated heterocycles. The maximum Gasteiger partial charge on any atom is 0.474 e. The Hall–Kier alpha value is -0.0700. The van der Waals surface area contributed by atoms with Gasteiger partial charge in [0.05, 0.1) is 24.7 Å². The van der Waals surface area contributed by atoms with E-state index in [1.54, 1.807) is 38.1 Å². The quantitative estimate of drug-likeness (QED) is 0.170. The summed E-state index contributed by atoms with van der Waals surface area (Å²) in [7, 11) is -7.56. The van der Waals surface area contributed by atoms with Gasteiger partial charge in [0.1, 0.15) is 0 Å². The lowest BCUT2D eigenvalue weighted by molar-refractivity contribution is 0.0960. The van der Waals surface area contributed by atoms with E-state index in [1.807, 2.05) is 13.8 Å². The standard InChI is InChI=1S/C20H36IN2O6PS/c1-5-27-30(24,28-6-2)29-16-19(9-7-8-14-22)23(15-17(3)4)31(25,26)20-12-10-18(21)11-13-20/h10-13,17,19H,5-9,14-16,22H2,1-4H3/t19-/m0/s1. The number of nitrogens with zero attached hydrogens (tertiary/aromatic N) is 1. The van der Waals surface area contributed by atoms with Crippen LogP contribution in [0.1, 0.15) is 47.0 Å². The van der Waals surface area contributed by atoms with E-state index >= 15 is 0 Å². The second-order valence-electron chi connectivity index (χ2n) is 7.44. The van der Waals surface area contributed by atoms with Crippen LogP contribution in [0.4, 0.5) is 0 Å². The molecule has 2 N–H and O–H groups in total. The first-order valence-electron chi connectivity index (χ1n) is 10.6. The van der Waals surface area contributed by atoms with Gasteiger partial charge in [-0.1, -0.05) is 20.3 Å². The Balaban J connectivity index is 3.25. The van der Waals surface area contributed by atoms with Gasteiger partial charge in [-0.05, 0) is 86.0 Å². The van der Waals surface area contributed by atoms with Gasteiger partial charge in [-0.3, -0.25) is 13.6 Å². The molecule has 0 amide bonds. The Morgan fingerprint density at radius 3 is 2.13 bits per heavy atom. The Labute approximate surface area is 201 Å². The number of sulfonamides is 1. The molecule has 0 unspecified atom stereocenters. The first kappa shape index (κ1) is 29.0. The second-order valence-corrected chi connectivity index (χ2v) is 12.2. The van der Waals surface area contributed by atoms with Crippen LogP contribution in [0, 0.1) is 9.49 Å². The smallest absolute Gasteiger partial charge is 0.330 e. The van der Waals surface area contributed by atoms with Gasteiger partial charge in [0, 0.05) is 16.2 Å². The third kappa shape index (κ3) is 9.75. The molecule has 0 aromatic heterocycles. The topological polar surface area (TPSA) is 108 Å². The van der Waals surface area contributed by atoms with Crippen LogP contribution >= 0.6 is 30.4 Å². The molecule has 1 aromatic rings. The molecule has 1 atom stereocenters. The van der Waals surface area contributed by atoms with E-state index in [4.69, 9.17) is 19.3 Å². The Morgan fingerprint density at radius 1 is 1.06 bits per heavy atom. The van der Waals surface area contributed by atoms with Crippen LogP contribution in [0.25, 0.3) is 0 Å². The highest BCUT2D eigenvalue weighted by molar-refractivity contribution is 14.1. The number of hydrogen-bond donors (Lipinski definition) is 1. The van der Waals surface area contributed by atoms with Crippen LogP contribution in [-0.2, 0) is 28.2 Å². The molecule has 0 saturated carbocycles. The third-order valence-corrected chi connectivity index (χ3v) is 8.63. The summed E-state index contributed by atoms with van der Waals surface area (Å²) in [6.07, 6.45) is 1.99. The van der Waals surface area contributed by atoms with E-state index in [1.165, 1.54) is 4.31 Å². The summed E-state index contributed by atoms with van der Waals surface area (Å²) >= 11 is 2.14. The summed E-state index contributed by atoms with van der Waals surface area (Å²) in [6, 6.07) is 6.20. The van der Waals surface area contributed by atoms with Crippen LogP contribution in [0.3, 0.4) is 0 Å². The van der Waals surface area contributed by atoms with Gasteiger partial charge < -0.3 is 5.73 Å². The van der Waals surface area contributed by atoms with Gasteiger partial charge >= 0.3 is 7.82 Å². The summed E-state index contributed by atoms with van der Waals surface area (Å²) < 4.78 is 58.3. The molecule has 0 heterocycles. The molecule has 1 rings (SSSR count). The number of unbranched alkanes of at least 4 members (excludes halogenated alkanes) is 1. The van der Waals surface area contributed by atoms with E-state index in [-0.39, 0.29) is 30.6 Å². The third-order valence-electron chi connectivity index (χ3n) is 4.36.